The maximum atomic E-state index is 13.7. The molecule has 9 nitrogen and oxygen atoms in total. The van der Waals surface area contributed by atoms with Gasteiger partial charge in [-0.3, -0.25) is 9.78 Å². The van der Waals surface area contributed by atoms with Gasteiger partial charge in [0, 0.05) is 61.7 Å². The topological polar surface area (TPSA) is 87.6 Å². The predicted molar refractivity (Wildman–Crippen MR) is 196 cm³/mol. The van der Waals surface area contributed by atoms with Crippen molar-refractivity contribution in [1.29, 1.82) is 0 Å². The van der Waals surface area contributed by atoms with Gasteiger partial charge in [0.25, 0.3) is 5.91 Å². The van der Waals surface area contributed by atoms with Gasteiger partial charge in [0.05, 0.1) is 16.7 Å². The smallest absolute Gasteiger partial charge is 0.268 e. The van der Waals surface area contributed by atoms with Crippen LogP contribution in [0.2, 0.25) is 25.7 Å². The van der Waals surface area contributed by atoms with Crippen LogP contribution < -0.4 is 10.6 Å². The summed E-state index contributed by atoms with van der Waals surface area (Å²) in [6, 6.07) is 13.8. The Hall–Kier alpha value is -3.31. The Kier molecular flexibility index (Phi) is 10.9. The summed E-state index contributed by atoms with van der Waals surface area (Å²) >= 11 is 0. The molecule has 2 fully saturated rings. The highest BCUT2D eigenvalue weighted by molar-refractivity contribution is 6.76. The fourth-order valence-electron chi connectivity index (χ4n) is 6.76. The lowest BCUT2D eigenvalue weighted by Gasteiger charge is -2.29. The molecular weight excluding hydrogens is 603 g/mol. The zero-order valence-corrected chi connectivity index (χ0v) is 29.9. The third kappa shape index (κ3) is 8.79. The van der Waals surface area contributed by atoms with Crippen LogP contribution in [0.25, 0.3) is 33.1 Å². The molecule has 0 bridgehead atoms. The number of rotatable bonds is 13. The van der Waals surface area contributed by atoms with Crippen molar-refractivity contribution in [1.82, 2.24) is 29.7 Å². The second-order valence-corrected chi connectivity index (χ2v) is 20.4. The Morgan fingerprint density at radius 1 is 1.02 bits per heavy atom. The number of piperidine rings is 2. The zero-order chi connectivity index (χ0) is 32.8. The van der Waals surface area contributed by atoms with Crippen molar-refractivity contribution < 1.29 is 9.53 Å². The predicted octanol–water partition coefficient (Wildman–Crippen LogP) is 6.68. The second kappa shape index (κ2) is 15.3. The van der Waals surface area contributed by atoms with E-state index in [2.05, 4.69) is 80.9 Å². The Balaban J connectivity index is 1.27. The average Bonchev–Trinajstić information content (AvgIpc) is 3.44. The van der Waals surface area contributed by atoms with Gasteiger partial charge in [0.15, 0.2) is 0 Å². The molecule has 0 radical (unpaired) electrons. The molecule has 3 aromatic heterocycles. The summed E-state index contributed by atoms with van der Waals surface area (Å²) in [6.45, 7) is 14.6. The van der Waals surface area contributed by atoms with Crippen LogP contribution in [0.3, 0.4) is 0 Å². The van der Waals surface area contributed by atoms with Crippen molar-refractivity contribution >= 4 is 41.5 Å². The Bertz CT molecular complexity index is 1650. The molecule has 1 amide bonds. The minimum atomic E-state index is -1.24. The molecule has 47 heavy (non-hydrogen) atoms. The van der Waals surface area contributed by atoms with Crippen molar-refractivity contribution in [3.8, 4) is 11.3 Å². The number of likely N-dealkylation sites (tertiary alicyclic amines) is 2. The van der Waals surface area contributed by atoms with Crippen LogP contribution in [0, 0.1) is 0 Å². The van der Waals surface area contributed by atoms with E-state index in [0.717, 1.165) is 90.2 Å². The van der Waals surface area contributed by atoms with Crippen LogP contribution in [0.5, 0.6) is 0 Å². The van der Waals surface area contributed by atoms with Gasteiger partial charge in [-0.25, -0.2) is 4.98 Å². The van der Waals surface area contributed by atoms with Gasteiger partial charge < -0.3 is 29.7 Å². The molecule has 2 saturated heterocycles. The molecule has 0 saturated carbocycles. The monoisotopic (exact) mass is 655 g/mol. The highest BCUT2D eigenvalue weighted by Gasteiger charge is 2.23. The number of nitrogens with one attached hydrogen (secondary N) is 2. The molecule has 4 aromatic rings. The van der Waals surface area contributed by atoms with Crippen molar-refractivity contribution in [2.75, 3.05) is 58.2 Å². The minimum Gasteiger partial charge on any atom is -0.384 e. The molecule has 5 heterocycles. The molecular formula is C37H53N7O2Si. The molecule has 2 aliphatic heterocycles. The summed E-state index contributed by atoms with van der Waals surface area (Å²) in [5.74, 6) is -0.0292. The van der Waals surface area contributed by atoms with E-state index in [1.807, 2.05) is 18.3 Å². The number of carbonyl (C=O) groups is 1. The normalized spacial score (nSPS) is 17.0. The highest BCUT2D eigenvalue weighted by Crippen LogP contribution is 2.31. The lowest BCUT2D eigenvalue weighted by atomic mass is 10.1. The maximum absolute atomic E-state index is 13.7. The van der Waals surface area contributed by atoms with E-state index in [0.29, 0.717) is 19.0 Å². The molecule has 10 heteroatoms. The van der Waals surface area contributed by atoms with E-state index < -0.39 is 8.07 Å². The third-order valence-corrected chi connectivity index (χ3v) is 11.4. The first-order chi connectivity index (χ1) is 22.7. The number of benzene rings is 1. The van der Waals surface area contributed by atoms with Crippen LogP contribution in [0.15, 0.2) is 48.8 Å². The van der Waals surface area contributed by atoms with E-state index in [4.69, 9.17) is 9.72 Å². The molecule has 0 atom stereocenters. The largest absolute Gasteiger partial charge is 0.384 e. The lowest BCUT2D eigenvalue weighted by Crippen LogP contribution is -2.43. The summed E-state index contributed by atoms with van der Waals surface area (Å²) < 4.78 is 8.31. The lowest BCUT2D eigenvalue weighted by molar-refractivity contribution is 0.0794. The van der Waals surface area contributed by atoms with E-state index in [1.54, 1.807) is 6.20 Å². The Labute approximate surface area is 281 Å². The molecule has 1 aromatic carbocycles. The first-order valence-corrected chi connectivity index (χ1v) is 21.4. The summed E-state index contributed by atoms with van der Waals surface area (Å²) in [5.41, 5.74) is 5.51. The number of anilines is 1. The van der Waals surface area contributed by atoms with Gasteiger partial charge in [0.2, 0.25) is 0 Å². The molecule has 252 valence electrons. The van der Waals surface area contributed by atoms with Gasteiger partial charge in [-0.15, -0.1) is 0 Å². The fourth-order valence-corrected chi connectivity index (χ4v) is 7.52. The van der Waals surface area contributed by atoms with Crippen LogP contribution in [-0.4, -0.2) is 97.3 Å². The number of ether oxygens (including phenoxy) is 1. The van der Waals surface area contributed by atoms with Crippen molar-refractivity contribution in [3.63, 3.8) is 0 Å². The van der Waals surface area contributed by atoms with E-state index in [9.17, 15) is 4.79 Å². The average molecular weight is 656 g/mol. The SMILES string of the molecule is CN1CCC(NC(=O)c2cc3ccc(-c4cc(NCCCN5CCCCC5)c5cnccc5n4)cc3n2COCC[Si](C)(C)C)CC1. The number of fused-ring (bicyclic) bond motifs is 2. The first-order valence-electron chi connectivity index (χ1n) is 17.7. The number of hydrogen-bond acceptors (Lipinski definition) is 7. The molecule has 0 spiro atoms. The maximum Gasteiger partial charge on any atom is 0.268 e. The molecule has 2 N–H and O–H groups in total. The molecule has 0 unspecified atom stereocenters. The van der Waals surface area contributed by atoms with Crippen LogP contribution in [-0.2, 0) is 11.5 Å². The van der Waals surface area contributed by atoms with Gasteiger partial charge >= 0.3 is 0 Å². The van der Waals surface area contributed by atoms with Gasteiger partial charge in [-0.2, -0.15) is 0 Å². The number of pyridine rings is 2. The Morgan fingerprint density at radius 3 is 2.62 bits per heavy atom. The quantitative estimate of drug-likeness (QED) is 0.123. The van der Waals surface area contributed by atoms with Gasteiger partial charge in [-0.1, -0.05) is 38.2 Å². The van der Waals surface area contributed by atoms with Crippen molar-refractivity contribution in [2.45, 2.75) is 77.0 Å². The summed E-state index contributed by atoms with van der Waals surface area (Å²) in [4.78, 5) is 28.1. The number of nitrogens with zero attached hydrogens (tertiary/aromatic N) is 5. The molecule has 0 aliphatic carbocycles. The third-order valence-electron chi connectivity index (χ3n) is 9.73. The number of aromatic nitrogens is 3. The summed E-state index contributed by atoms with van der Waals surface area (Å²) in [7, 11) is 0.896. The zero-order valence-electron chi connectivity index (χ0n) is 28.9. The second-order valence-electron chi connectivity index (χ2n) is 14.8. The highest BCUT2D eigenvalue weighted by atomic mass is 28.3. The van der Waals surface area contributed by atoms with E-state index in [1.165, 1.54) is 32.4 Å². The summed E-state index contributed by atoms with van der Waals surface area (Å²) in [6.07, 6.45) is 10.7. The Morgan fingerprint density at radius 2 is 1.83 bits per heavy atom. The van der Waals surface area contributed by atoms with Gasteiger partial charge in [0.1, 0.15) is 12.4 Å². The standard InChI is InChI=1S/C37H53N7O2Si/c1-42-19-12-30(13-20-42)40-37(45)36-24-29-10-9-28(23-35(29)44(36)27-46-21-22-47(2,3)4)33-25-34(31-26-38-15-11-32(31)41-33)39-14-8-18-43-16-6-5-7-17-43/h9-11,15,23-26,30H,5-8,12-14,16-22,27H2,1-4H3,(H,39,41)(H,40,45). The van der Waals surface area contributed by atoms with Crippen LogP contribution >= 0.6 is 0 Å². The van der Waals surface area contributed by atoms with Crippen LogP contribution in [0.4, 0.5) is 5.69 Å². The summed E-state index contributed by atoms with van der Waals surface area (Å²) in [5, 5.41) is 9.09. The first kappa shape index (κ1) is 33.6. The minimum absolute atomic E-state index is 0.0292. The van der Waals surface area contributed by atoms with Crippen LogP contribution in [0.1, 0.15) is 49.0 Å². The molecule has 2 aliphatic rings. The van der Waals surface area contributed by atoms with E-state index in [-0.39, 0.29) is 11.9 Å². The number of hydrogen-bond donors (Lipinski definition) is 2. The van der Waals surface area contributed by atoms with Crippen molar-refractivity contribution in [2.24, 2.45) is 0 Å². The number of amides is 1. The van der Waals surface area contributed by atoms with E-state index >= 15 is 0 Å². The fraction of sp³-hybridized carbons (Fsp3) is 0.541. The molecule has 6 rings (SSSR count). The number of carbonyl (C=O) groups excluding carboxylic acids is 1. The van der Waals surface area contributed by atoms with Gasteiger partial charge in [-0.05, 0) is 102 Å². The van der Waals surface area contributed by atoms with Crippen molar-refractivity contribution in [3.05, 3.63) is 54.5 Å².